The lowest BCUT2D eigenvalue weighted by molar-refractivity contribution is -0.142. The van der Waals surface area contributed by atoms with Gasteiger partial charge in [-0.05, 0) is 61.9 Å². The molecule has 0 atom stereocenters. The number of ether oxygens (including phenoxy) is 2. The van der Waals surface area contributed by atoms with E-state index in [0.717, 1.165) is 24.6 Å². The average Bonchev–Trinajstić information content (AvgIpc) is 2.78. The molecule has 1 N–H and O–H groups in total. The summed E-state index contributed by atoms with van der Waals surface area (Å²) < 4.78 is 10.9. The van der Waals surface area contributed by atoms with E-state index in [2.05, 4.69) is 15.9 Å². The minimum atomic E-state index is -0.912. The molecular weight excluding hydrogens is 476 g/mol. The van der Waals surface area contributed by atoms with Gasteiger partial charge in [-0.3, -0.25) is 14.4 Å². The Bertz CT molecular complexity index is 924. The zero-order valence-corrected chi connectivity index (χ0v) is 19.9. The highest BCUT2D eigenvalue weighted by Crippen LogP contribution is 2.25. The van der Waals surface area contributed by atoms with Crippen LogP contribution in [0.15, 0.2) is 42.5 Å². The molecule has 0 aromatic heterocycles. The number of rotatable bonds is 14. The number of esters is 1. The zero-order valence-electron chi connectivity index (χ0n) is 18.3. The summed E-state index contributed by atoms with van der Waals surface area (Å²) in [5.41, 5.74) is 2.12. The fourth-order valence-corrected chi connectivity index (χ4v) is 3.67. The number of carboxylic acid groups (broad SMARTS) is 1. The van der Waals surface area contributed by atoms with Crippen molar-refractivity contribution in [3.8, 4) is 5.75 Å². The minimum absolute atomic E-state index is 0.0111. The summed E-state index contributed by atoms with van der Waals surface area (Å²) in [6.07, 6.45) is 3.20. The van der Waals surface area contributed by atoms with Gasteiger partial charge in [-0.1, -0.05) is 40.2 Å². The van der Waals surface area contributed by atoms with Crippen molar-refractivity contribution in [2.45, 2.75) is 45.4 Å². The molecule has 0 amide bonds. The van der Waals surface area contributed by atoms with E-state index in [9.17, 15) is 14.4 Å². The monoisotopic (exact) mass is 504 g/mol. The summed E-state index contributed by atoms with van der Waals surface area (Å²) >= 11 is 3.40. The number of aliphatic carboxylic acids is 1. The Balaban J connectivity index is 2.25. The summed E-state index contributed by atoms with van der Waals surface area (Å²) in [5, 5.41) is 10.1. The van der Waals surface area contributed by atoms with Crippen LogP contribution in [0.2, 0.25) is 0 Å². The van der Waals surface area contributed by atoms with Crippen molar-refractivity contribution in [3.05, 3.63) is 64.7 Å². The summed E-state index contributed by atoms with van der Waals surface area (Å²) in [6, 6.07) is 12.0. The van der Waals surface area contributed by atoms with E-state index in [4.69, 9.17) is 14.6 Å². The maximum atomic E-state index is 13.2. The van der Waals surface area contributed by atoms with Crippen LogP contribution < -0.4 is 4.74 Å². The van der Waals surface area contributed by atoms with Crippen LogP contribution in [0.5, 0.6) is 5.75 Å². The van der Waals surface area contributed by atoms with E-state index in [0.29, 0.717) is 34.6 Å². The van der Waals surface area contributed by atoms with Gasteiger partial charge >= 0.3 is 11.9 Å². The fraction of sp³-hybridized carbons (Fsp3) is 0.400. The molecule has 0 heterocycles. The first kappa shape index (κ1) is 25.6. The van der Waals surface area contributed by atoms with Gasteiger partial charge in [0.2, 0.25) is 0 Å². The number of aryl methyl sites for hydroxylation is 1. The molecule has 7 heteroatoms. The van der Waals surface area contributed by atoms with Crippen molar-refractivity contribution in [3.63, 3.8) is 0 Å². The first-order valence-electron chi connectivity index (χ1n) is 10.8. The Kier molecular flexibility index (Phi) is 10.9. The second-order valence-corrected chi connectivity index (χ2v) is 8.08. The van der Waals surface area contributed by atoms with Crippen molar-refractivity contribution >= 4 is 33.7 Å². The molecular formula is C25H29BrO6. The van der Waals surface area contributed by atoms with Crippen LogP contribution in [0.25, 0.3) is 0 Å². The molecule has 2 aromatic carbocycles. The molecule has 0 radical (unpaired) electrons. The van der Waals surface area contributed by atoms with Gasteiger partial charge < -0.3 is 14.6 Å². The van der Waals surface area contributed by atoms with Gasteiger partial charge in [-0.15, -0.1) is 0 Å². The standard InChI is InChI=1S/C25H29BrO6/c1-2-31-24(29)17-18-8-4-5-9-21(18)25(30)20-10-12-22(32-15-7-3-6-14-26)19(16-20)11-13-23(27)28/h4-5,8-10,12,16H,2-3,6-7,11,13-15,17H2,1H3,(H,27,28). The van der Waals surface area contributed by atoms with Crippen LogP contribution in [-0.4, -0.2) is 41.4 Å². The predicted molar refractivity (Wildman–Crippen MR) is 126 cm³/mol. The first-order chi connectivity index (χ1) is 15.5. The number of unbranched alkanes of at least 4 members (excludes halogenated alkanes) is 2. The van der Waals surface area contributed by atoms with E-state index >= 15 is 0 Å². The summed E-state index contributed by atoms with van der Waals surface area (Å²) in [5.74, 6) is -0.935. The zero-order chi connectivity index (χ0) is 23.3. The fourth-order valence-electron chi connectivity index (χ4n) is 3.27. The molecule has 0 aliphatic rings. The summed E-state index contributed by atoms with van der Waals surface area (Å²) in [4.78, 5) is 36.3. The molecule has 6 nitrogen and oxygen atoms in total. The van der Waals surface area contributed by atoms with Gasteiger partial charge in [-0.2, -0.15) is 0 Å². The van der Waals surface area contributed by atoms with E-state index < -0.39 is 11.9 Å². The van der Waals surface area contributed by atoms with Gasteiger partial charge in [0.15, 0.2) is 5.78 Å². The third kappa shape index (κ3) is 8.11. The third-order valence-electron chi connectivity index (χ3n) is 4.87. The number of hydrogen-bond acceptors (Lipinski definition) is 5. The normalized spacial score (nSPS) is 10.6. The summed E-state index contributed by atoms with van der Waals surface area (Å²) in [7, 11) is 0. The van der Waals surface area contributed by atoms with Crippen LogP contribution in [-0.2, 0) is 27.2 Å². The minimum Gasteiger partial charge on any atom is -0.493 e. The lowest BCUT2D eigenvalue weighted by Gasteiger charge is -2.14. The SMILES string of the molecule is CCOC(=O)Cc1ccccc1C(=O)c1ccc(OCCCCCBr)c(CCC(=O)O)c1. The van der Waals surface area contributed by atoms with Crippen LogP contribution in [0.1, 0.15) is 59.7 Å². The number of benzene rings is 2. The molecule has 0 bridgehead atoms. The molecule has 0 saturated heterocycles. The van der Waals surface area contributed by atoms with Crippen LogP contribution >= 0.6 is 15.9 Å². The number of halogens is 1. The predicted octanol–water partition coefficient (Wildman–Crippen LogP) is 4.98. The Labute approximate surface area is 197 Å². The largest absolute Gasteiger partial charge is 0.493 e. The number of hydrogen-bond donors (Lipinski definition) is 1. The number of carbonyl (C=O) groups is 3. The second kappa shape index (κ2) is 13.7. The number of carbonyl (C=O) groups excluding carboxylic acids is 2. The smallest absolute Gasteiger partial charge is 0.310 e. The average molecular weight is 505 g/mol. The second-order valence-electron chi connectivity index (χ2n) is 7.28. The van der Waals surface area contributed by atoms with Gasteiger partial charge in [-0.25, -0.2) is 0 Å². The highest BCUT2D eigenvalue weighted by Gasteiger charge is 2.18. The first-order valence-corrected chi connectivity index (χ1v) is 11.9. The molecule has 0 unspecified atom stereocenters. The van der Waals surface area contributed by atoms with E-state index in [-0.39, 0.29) is 31.7 Å². The lowest BCUT2D eigenvalue weighted by Crippen LogP contribution is -2.12. The molecule has 0 aliphatic heterocycles. The van der Waals surface area contributed by atoms with Crippen molar-refractivity contribution in [2.75, 3.05) is 18.5 Å². The highest BCUT2D eigenvalue weighted by molar-refractivity contribution is 9.09. The molecule has 0 aliphatic carbocycles. The van der Waals surface area contributed by atoms with Crippen LogP contribution in [0.3, 0.4) is 0 Å². The molecule has 32 heavy (non-hydrogen) atoms. The van der Waals surface area contributed by atoms with E-state index in [1.807, 2.05) is 0 Å². The Hall–Kier alpha value is -2.67. The van der Waals surface area contributed by atoms with E-state index in [1.165, 1.54) is 0 Å². The van der Waals surface area contributed by atoms with Crippen molar-refractivity contribution < 1.29 is 29.0 Å². The van der Waals surface area contributed by atoms with Crippen LogP contribution in [0.4, 0.5) is 0 Å². The van der Waals surface area contributed by atoms with Crippen molar-refractivity contribution in [2.24, 2.45) is 0 Å². The molecule has 0 saturated carbocycles. The maximum absolute atomic E-state index is 13.2. The van der Waals surface area contributed by atoms with Gasteiger partial charge in [0.1, 0.15) is 5.75 Å². The molecule has 0 spiro atoms. The molecule has 2 aromatic rings. The van der Waals surface area contributed by atoms with Crippen molar-refractivity contribution in [1.29, 1.82) is 0 Å². The Morgan fingerprint density at radius 3 is 2.50 bits per heavy atom. The van der Waals surface area contributed by atoms with Gasteiger partial charge in [0, 0.05) is 22.9 Å². The molecule has 0 fully saturated rings. The summed E-state index contributed by atoms with van der Waals surface area (Å²) in [6.45, 7) is 2.54. The quantitative estimate of drug-likeness (QED) is 0.169. The topological polar surface area (TPSA) is 89.9 Å². The number of ketones is 1. The lowest BCUT2D eigenvalue weighted by atomic mass is 9.94. The highest BCUT2D eigenvalue weighted by atomic mass is 79.9. The Morgan fingerprint density at radius 2 is 1.78 bits per heavy atom. The van der Waals surface area contributed by atoms with Gasteiger partial charge in [0.05, 0.1) is 19.6 Å². The van der Waals surface area contributed by atoms with Crippen molar-refractivity contribution in [1.82, 2.24) is 0 Å². The molecule has 172 valence electrons. The Morgan fingerprint density at radius 1 is 1.00 bits per heavy atom. The van der Waals surface area contributed by atoms with E-state index in [1.54, 1.807) is 49.4 Å². The van der Waals surface area contributed by atoms with Gasteiger partial charge in [0.25, 0.3) is 0 Å². The van der Waals surface area contributed by atoms with Crippen LogP contribution in [0, 0.1) is 0 Å². The number of alkyl halides is 1. The third-order valence-corrected chi connectivity index (χ3v) is 5.43. The maximum Gasteiger partial charge on any atom is 0.310 e. The number of carboxylic acids is 1. The molecule has 2 rings (SSSR count).